The van der Waals surface area contributed by atoms with Gasteiger partial charge < -0.3 is 9.64 Å². The minimum atomic E-state index is -3.59. The first-order valence-corrected chi connectivity index (χ1v) is 11.5. The fourth-order valence-corrected chi connectivity index (χ4v) is 4.80. The maximum Gasteiger partial charge on any atom is 0.254 e. The normalized spacial score (nSPS) is 20.2. The molecule has 8 heteroatoms. The van der Waals surface area contributed by atoms with E-state index in [1.165, 1.54) is 12.1 Å². The molecule has 1 heterocycles. The van der Waals surface area contributed by atoms with Crippen LogP contribution in [-0.4, -0.2) is 45.0 Å². The zero-order valence-electron chi connectivity index (χ0n) is 15.2. The maximum atomic E-state index is 13.0. The molecule has 4 rings (SSSR count). The number of hydrogen-bond donors (Lipinski definition) is 1. The Morgan fingerprint density at radius 2 is 1.89 bits per heavy atom. The number of nitrogens with one attached hydrogen (secondary N) is 1. The van der Waals surface area contributed by atoms with Crippen LogP contribution >= 0.6 is 15.9 Å². The Balaban J connectivity index is 1.50. The Labute approximate surface area is 173 Å². The number of carbonyl (C=O) groups is 1. The first-order chi connectivity index (χ1) is 13.4. The Bertz CT molecular complexity index is 974. The van der Waals surface area contributed by atoms with Crippen LogP contribution in [-0.2, 0) is 14.8 Å². The molecule has 28 heavy (non-hydrogen) atoms. The Morgan fingerprint density at radius 1 is 1.14 bits per heavy atom. The molecule has 1 saturated carbocycles. The average Bonchev–Trinajstić information content (AvgIpc) is 3.51. The smallest absolute Gasteiger partial charge is 0.254 e. The summed E-state index contributed by atoms with van der Waals surface area (Å²) in [5.74, 6) is -0.186. The highest BCUT2D eigenvalue weighted by Crippen LogP contribution is 2.26. The maximum absolute atomic E-state index is 13.0. The molecular weight excluding hydrogens is 444 g/mol. The van der Waals surface area contributed by atoms with Crippen molar-refractivity contribution in [2.24, 2.45) is 0 Å². The molecule has 1 saturated heterocycles. The molecule has 2 fully saturated rings. The predicted molar refractivity (Wildman–Crippen MR) is 109 cm³/mol. The number of rotatable bonds is 5. The summed E-state index contributed by atoms with van der Waals surface area (Å²) < 4.78 is 34.3. The van der Waals surface area contributed by atoms with Gasteiger partial charge in [0.25, 0.3) is 5.91 Å². The lowest BCUT2D eigenvalue weighted by molar-refractivity contribution is -0.0228. The van der Waals surface area contributed by atoms with Crippen molar-refractivity contribution in [1.82, 2.24) is 9.62 Å². The standard InChI is InChI=1S/C20H21BrN2O4S/c21-16-6-4-14(5-7-16)19-13-23(10-11-27-19)20(24)15-2-1-3-18(12-15)28(25,26)22-17-8-9-17/h1-7,12,17,19,22H,8-11,13H2. The van der Waals surface area contributed by atoms with E-state index >= 15 is 0 Å². The molecule has 1 N–H and O–H groups in total. The Hall–Kier alpha value is -1.74. The third kappa shape index (κ3) is 4.46. The number of ether oxygens (including phenoxy) is 1. The summed E-state index contributed by atoms with van der Waals surface area (Å²) in [5.41, 5.74) is 1.38. The van der Waals surface area contributed by atoms with Crippen molar-refractivity contribution in [2.75, 3.05) is 19.7 Å². The number of sulfonamides is 1. The van der Waals surface area contributed by atoms with E-state index in [-0.39, 0.29) is 22.9 Å². The minimum Gasteiger partial charge on any atom is -0.370 e. The molecule has 0 aromatic heterocycles. The zero-order valence-corrected chi connectivity index (χ0v) is 17.6. The van der Waals surface area contributed by atoms with Crippen LogP contribution in [0, 0.1) is 0 Å². The summed E-state index contributed by atoms with van der Waals surface area (Å²) in [4.78, 5) is 14.8. The van der Waals surface area contributed by atoms with Crippen LogP contribution in [0.15, 0.2) is 57.9 Å². The summed E-state index contributed by atoms with van der Waals surface area (Å²) in [7, 11) is -3.59. The first kappa shape index (κ1) is 19.6. The Morgan fingerprint density at radius 3 is 2.61 bits per heavy atom. The second-order valence-corrected chi connectivity index (χ2v) is 9.72. The number of amides is 1. The SMILES string of the molecule is O=C(c1cccc(S(=O)(=O)NC2CC2)c1)N1CCOC(c2ccc(Br)cc2)C1. The van der Waals surface area contributed by atoms with Crippen molar-refractivity contribution in [3.63, 3.8) is 0 Å². The van der Waals surface area contributed by atoms with Crippen LogP contribution in [0.5, 0.6) is 0 Å². The molecule has 1 aliphatic carbocycles. The number of hydrogen-bond acceptors (Lipinski definition) is 4. The molecule has 0 bridgehead atoms. The van der Waals surface area contributed by atoms with Crippen LogP contribution in [0.2, 0.25) is 0 Å². The molecule has 1 aliphatic heterocycles. The number of morpholine rings is 1. The van der Waals surface area contributed by atoms with E-state index in [1.54, 1.807) is 17.0 Å². The van der Waals surface area contributed by atoms with Crippen LogP contribution in [0.1, 0.15) is 34.9 Å². The van der Waals surface area contributed by atoms with E-state index in [4.69, 9.17) is 4.74 Å². The molecule has 2 aromatic carbocycles. The molecular formula is C20H21BrN2O4S. The van der Waals surface area contributed by atoms with Crippen molar-refractivity contribution in [1.29, 1.82) is 0 Å². The largest absolute Gasteiger partial charge is 0.370 e. The molecule has 148 valence electrons. The monoisotopic (exact) mass is 464 g/mol. The van der Waals surface area contributed by atoms with Crippen molar-refractivity contribution in [3.05, 3.63) is 64.1 Å². The van der Waals surface area contributed by atoms with E-state index in [1.807, 2.05) is 24.3 Å². The number of nitrogens with zero attached hydrogens (tertiary/aromatic N) is 1. The topological polar surface area (TPSA) is 75.7 Å². The molecule has 6 nitrogen and oxygen atoms in total. The highest BCUT2D eigenvalue weighted by atomic mass is 79.9. The zero-order chi connectivity index (χ0) is 19.7. The summed E-state index contributed by atoms with van der Waals surface area (Å²) in [6, 6.07) is 14.1. The second-order valence-electron chi connectivity index (χ2n) is 7.09. The van der Waals surface area contributed by atoms with Gasteiger partial charge in [0, 0.05) is 22.6 Å². The fraction of sp³-hybridized carbons (Fsp3) is 0.350. The van der Waals surface area contributed by atoms with Gasteiger partial charge in [0.2, 0.25) is 10.0 Å². The fourth-order valence-electron chi connectivity index (χ4n) is 3.18. The van der Waals surface area contributed by atoms with E-state index in [0.717, 1.165) is 22.9 Å². The summed E-state index contributed by atoms with van der Waals surface area (Å²) in [6.45, 7) is 1.34. The first-order valence-electron chi connectivity index (χ1n) is 9.21. The molecule has 0 radical (unpaired) electrons. The van der Waals surface area contributed by atoms with Gasteiger partial charge in [0.05, 0.1) is 18.0 Å². The molecule has 1 amide bonds. The van der Waals surface area contributed by atoms with E-state index < -0.39 is 10.0 Å². The van der Waals surface area contributed by atoms with Gasteiger partial charge in [0.1, 0.15) is 6.10 Å². The molecule has 1 unspecified atom stereocenters. The minimum absolute atomic E-state index is 0.0234. The van der Waals surface area contributed by atoms with Crippen LogP contribution in [0.3, 0.4) is 0 Å². The number of halogens is 1. The quantitative estimate of drug-likeness (QED) is 0.737. The van der Waals surface area contributed by atoms with Crippen molar-refractivity contribution in [3.8, 4) is 0 Å². The second kappa shape index (κ2) is 7.94. The van der Waals surface area contributed by atoms with Gasteiger partial charge in [-0.15, -0.1) is 0 Å². The highest BCUT2D eigenvalue weighted by Gasteiger charge is 2.30. The summed E-state index contributed by atoms with van der Waals surface area (Å²) in [6.07, 6.45) is 1.53. The number of benzene rings is 2. The predicted octanol–water partition coefficient (Wildman–Crippen LogP) is 3.10. The van der Waals surface area contributed by atoms with E-state index in [9.17, 15) is 13.2 Å². The lowest BCUT2D eigenvalue weighted by Gasteiger charge is -2.33. The van der Waals surface area contributed by atoms with Gasteiger partial charge in [-0.3, -0.25) is 4.79 Å². The molecule has 0 spiro atoms. The van der Waals surface area contributed by atoms with E-state index in [2.05, 4.69) is 20.7 Å². The van der Waals surface area contributed by atoms with Crippen molar-refractivity contribution < 1.29 is 17.9 Å². The van der Waals surface area contributed by atoms with Crippen molar-refractivity contribution >= 4 is 31.9 Å². The average molecular weight is 465 g/mol. The highest BCUT2D eigenvalue weighted by molar-refractivity contribution is 9.10. The third-order valence-electron chi connectivity index (χ3n) is 4.89. The van der Waals surface area contributed by atoms with Gasteiger partial charge in [-0.25, -0.2) is 13.1 Å². The van der Waals surface area contributed by atoms with Crippen LogP contribution < -0.4 is 4.72 Å². The number of carbonyl (C=O) groups excluding carboxylic acids is 1. The van der Waals surface area contributed by atoms with Crippen molar-refractivity contribution in [2.45, 2.75) is 29.9 Å². The summed E-state index contributed by atoms with van der Waals surface area (Å²) >= 11 is 3.42. The van der Waals surface area contributed by atoms with Gasteiger partial charge in [-0.05, 0) is 48.7 Å². The van der Waals surface area contributed by atoms with Crippen LogP contribution in [0.4, 0.5) is 0 Å². The third-order valence-corrected chi connectivity index (χ3v) is 6.93. The van der Waals surface area contributed by atoms with Gasteiger partial charge in [-0.2, -0.15) is 0 Å². The van der Waals surface area contributed by atoms with Gasteiger partial charge in [0.15, 0.2) is 0 Å². The van der Waals surface area contributed by atoms with E-state index in [0.29, 0.717) is 25.3 Å². The molecule has 2 aliphatic rings. The van der Waals surface area contributed by atoms with Crippen LogP contribution in [0.25, 0.3) is 0 Å². The Kier molecular flexibility index (Phi) is 5.55. The molecule has 2 aromatic rings. The van der Waals surface area contributed by atoms with Gasteiger partial charge in [-0.1, -0.05) is 34.1 Å². The summed E-state index contributed by atoms with van der Waals surface area (Å²) in [5, 5.41) is 0. The molecule has 1 atom stereocenters. The lowest BCUT2D eigenvalue weighted by atomic mass is 10.1. The van der Waals surface area contributed by atoms with Gasteiger partial charge >= 0.3 is 0 Å². The lowest BCUT2D eigenvalue weighted by Crippen LogP contribution is -2.42.